The van der Waals surface area contributed by atoms with E-state index in [-0.39, 0.29) is 16.8 Å². The monoisotopic (exact) mass is 458 g/mol. The molecule has 0 amide bonds. The molecule has 9 nitrogen and oxygen atoms in total. The first-order valence-electron chi connectivity index (χ1n) is 7.26. The van der Waals surface area contributed by atoms with Crippen LogP contribution in [0.1, 0.15) is 47.0 Å². The first-order chi connectivity index (χ1) is 11.9. The topological polar surface area (TPSA) is 144 Å². The minimum atomic E-state index is 0. The molecule has 0 aromatic heterocycles. The van der Waals surface area contributed by atoms with Crippen LogP contribution in [0.2, 0.25) is 0 Å². The van der Waals surface area contributed by atoms with Crippen LogP contribution in [0.5, 0.6) is 0 Å². The largest absolute Gasteiger partial charge is 2.00 e. The van der Waals surface area contributed by atoms with Gasteiger partial charge < -0.3 is 49.3 Å². The van der Waals surface area contributed by atoms with E-state index in [2.05, 4.69) is 49.1 Å². The first kappa shape index (κ1) is 32.6. The number of nitrogens with zero attached hydrogens (tertiary/aromatic N) is 5. The van der Waals surface area contributed by atoms with Crippen LogP contribution < -0.4 is 0 Å². The molecule has 1 aliphatic rings. The summed E-state index contributed by atoms with van der Waals surface area (Å²) < 4.78 is 0. The molecule has 12 heteroatoms. The second-order valence-corrected chi connectivity index (χ2v) is 5.22. The van der Waals surface area contributed by atoms with Crippen LogP contribution >= 0.6 is 23.2 Å². The molecule has 0 spiro atoms. The van der Waals surface area contributed by atoms with E-state index in [0.717, 1.165) is 18.4 Å². The number of hydrogen-bond donors (Lipinski definition) is 4. The van der Waals surface area contributed by atoms with Gasteiger partial charge in [0.25, 0.3) is 0 Å². The predicted molar refractivity (Wildman–Crippen MR) is 103 cm³/mol. The Morgan fingerprint density at radius 3 is 1.00 bits per heavy atom. The molecule has 1 radical (unpaired) electrons. The molecule has 1 aliphatic heterocycles. The van der Waals surface area contributed by atoms with Gasteiger partial charge in [0.15, 0.2) is 0 Å². The van der Waals surface area contributed by atoms with E-state index in [9.17, 15) is 0 Å². The smallest absolute Gasteiger partial charge is 0.662 e. The van der Waals surface area contributed by atoms with E-state index < -0.39 is 0 Å². The molecular formula is C14H27Cl2CoN5O4. The third-order valence-corrected chi connectivity index (χ3v) is 2.78. The van der Waals surface area contributed by atoms with Crippen molar-refractivity contribution in [2.45, 2.75) is 47.0 Å². The van der Waals surface area contributed by atoms with Gasteiger partial charge in [0.05, 0.1) is 0 Å². The molecule has 0 saturated carbocycles. The standard InChI is InChI=1S/C5H10N.2C4H8N2O2.CHCl2.Co/c1-2-4-6-5-3-1;2*1-3(5-7)4(2)6-8;2-1-3;/h1-5H2;2*7-8H,1-2H3;1H;/q-1;;;-1;+2/b;2*5-3+,6-4+;;. The van der Waals surface area contributed by atoms with Crippen LogP contribution in [0.4, 0.5) is 0 Å². The molecule has 0 aromatic rings. The molecule has 26 heavy (non-hydrogen) atoms. The normalized spacial score (nSPS) is 15.0. The van der Waals surface area contributed by atoms with Crippen molar-refractivity contribution in [3.63, 3.8) is 0 Å². The summed E-state index contributed by atoms with van der Waals surface area (Å²) in [6.45, 7) is 8.40. The van der Waals surface area contributed by atoms with Gasteiger partial charge in [-0.15, -0.1) is 13.1 Å². The Morgan fingerprint density at radius 2 is 0.923 bits per heavy atom. The number of halogens is 2. The van der Waals surface area contributed by atoms with Gasteiger partial charge in [-0.1, -0.05) is 39.9 Å². The Labute approximate surface area is 175 Å². The second kappa shape index (κ2) is 26.2. The fourth-order valence-electron chi connectivity index (χ4n) is 1.03. The SMILES string of the molecule is C1CC[N-]CC1.CC(=N\O)/C(C)=N/O.CC(=N\O)/C(C)=N/O.Cl[CH-]Cl.[Co+2]. The molecule has 1 fully saturated rings. The summed E-state index contributed by atoms with van der Waals surface area (Å²) in [5, 5.41) is 48.4. The van der Waals surface area contributed by atoms with Crippen LogP contribution in [-0.2, 0) is 16.8 Å². The molecule has 0 unspecified atom stereocenters. The van der Waals surface area contributed by atoms with Gasteiger partial charge in [-0.3, -0.25) is 0 Å². The molecule has 1 rings (SSSR count). The summed E-state index contributed by atoms with van der Waals surface area (Å²) in [7, 11) is 0. The maximum Gasteiger partial charge on any atom is 2.00 e. The van der Waals surface area contributed by atoms with Crippen LogP contribution in [0.25, 0.3) is 5.32 Å². The Hall–Kier alpha value is -1.07. The van der Waals surface area contributed by atoms with E-state index in [0.29, 0.717) is 22.8 Å². The molecule has 0 aliphatic carbocycles. The van der Waals surface area contributed by atoms with Gasteiger partial charge in [0, 0.05) is 0 Å². The third kappa shape index (κ3) is 25.2. The van der Waals surface area contributed by atoms with Crippen LogP contribution in [0.3, 0.4) is 0 Å². The van der Waals surface area contributed by atoms with Crippen molar-refractivity contribution in [3.8, 4) is 0 Å². The van der Waals surface area contributed by atoms with Gasteiger partial charge in [0.1, 0.15) is 22.8 Å². The molecule has 1 heterocycles. The van der Waals surface area contributed by atoms with Crippen molar-refractivity contribution < 1.29 is 37.6 Å². The van der Waals surface area contributed by atoms with Gasteiger partial charge in [-0.2, -0.15) is 5.34 Å². The third-order valence-electron chi connectivity index (χ3n) is 2.78. The van der Waals surface area contributed by atoms with Crippen molar-refractivity contribution in [1.82, 2.24) is 0 Å². The molecule has 4 N–H and O–H groups in total. The Morgan fingerprint density at radius 1 is 0.692 bits per heavy atom. The molecule has 0 bridgehead atoms. The fraction of sp³-hybridized carbons (Fsp3) is 0.643. The first-order valence-corrected chi connectivity index (χ1v) is 8.14. The molecular weight excluding hydrogens is 432 g/mol. The Bertz CT molecular complexity index is 356. The molecule has 1 saturated heterocycles. The van der Waals surface area contributed by atoms with Crippen molar-refractivity contribution in [2.75, 3.05) is 13.1 Å². The number of oxime groups is 4. The Balaban J connectivity index is -0.000000128. The Kier molecular flexibility index (Phi) is 32.8. The van der Waals surface area contributed by atoms with Gasteiger partial charge >= 0.3 is 16.8 Å². The average Bonchev–Trinajstić information content (AvgIpc) is 2.68. The summed E-state index contributed by atoms with van der Waals surface area (Å²) in [6.07, 6.45) is 4.07. The number of hydrogen-bond acceptors (Lipinski definition) is 8. The summed E-state index contributed by atoms with van der Waals surface area (Å²) in [6, 6.07) is 0. The van der Waals surface area contributed by atoms with Gasteiger partial charge in [0.2, 0.25) is 0 Å². The van der Waals surface area contributed by atoms with E-state index in [1.807, 2.05) is 0 Å². The number of rotatable bonds is 2. The quantitative estimate of drug-likeness (QED) is 0.209. The van der Waals surface area contributed by atoms with Crippen molar-refractivity contribution in [2.24, 2.45) is 20.6 Å². The van der Waals surface area contributed by atoms with Crippen LogP contribution in [0.15, 0.2) is 20.6 Å². The number of piperidine rings is 1. The maximum absolute atomic E-state index is 8.03. The van der Waals surface area contributed by atoms with E-state index in [4.69, 9.17) is 20.8 Å². The zero-order chi connectivity index (χ0) is 20.1. The van der Waals surface area contributed by atoms with Crippen molar-refractivity contribution in [3.05, 3.63) is 10.7 Å². The average molecular weight is 459 g/mol. The molecule has 0 atom stereocenters. The van der Waals surface area contributed by atoms with Gasteiger partial charge in [-0.05, 0) is 27.7 Å². The van der Waals surface area contributed by atoms with E-state index >= 15 is 0 Å². The zero-order valence-corrected chi connectivity index (χ0v) is 17.8. The minimum absolute atomic E-state index is 0. The summed E-state index contributed by atoms with van der Waals surface area (Å²) in [4.78, 5) is 0. The zero-order valence-electron chi connectivity index (χ0n) is 15.2. The summed E-state index contributed by atoms with van der Waals surface area (Å²) in [5.41, 5.74) is 1.25. The second-order valence-electron chi connectivity index (χ2n) is 4.56. The minimum Gasteiger partial charge on any atom is -0.662 e. The predicted octanol–water partition coefficient (Wildman–Crippen LogP) is 4.50. The van der Waals surface area contributed by atoms with Crippen molar-refractivity contribution in [1.29, 1.82) is 0 Å². The van der Waals surface area contributed by atoms with Gasteiger partial charge in [-0.25, -0.2) is 0 Å². The van der Waals surface area contributed by atoms with Crippen LogP contribution in [-0.4, -0.2) is 56.8 Å². The van der Waals surface area contributed by atoms with E-state index in [1.54, 1.807) is 0 Å². The summed E-state index contributed by atoms with van der Waals surface area (Å²) >= 11 is 9.28. The molecule has 0 aromatic carbocycles. The summed E-state index contributed by atoms with van der Waals surface area (Å²) in [5.74, 6) is 0. The maximum atomic E-state index is 8.03. The molecule has 155 valence electrons. The van der Waals surface area contributed by atoms with Crippen LogP contribution in [0, 0.1) is 5.34 Å². The van der Waals surface area contributed by atoms with Crippen molar-refractivity contribution >= 4 is 46.0 Å². The fourth-order valence-corrected chi connectivity index (χ4v) is 1.03. The van der Waals surface area contributed by atoms with E-state index in [1.165, 1.54) is 47.0 Å².